The highest BCUT2D eigenvalue weighted by Crippen LogP contribution is 2.28. The summed E-state index contributed by atoms with van der Waals surface area (Å²) in [6, 6.07) is 0. The van der Waals surface area contributed by atoms with Crippen LogP contribution < -0.4 is 0 Å². The molecule has 1 aliphatic heterocycles. The van der Waals surface area contributed by atoms with Crippen molar-refractivity contribution in [3.8, 4) is 0 Å². The Morgan fingerprint density at radius 1 is 1.14 bits per heavy atom. The summed E-state index contributed by atoms with van der Waals surface area (Å²) in [5, 5.41) is 0. The zero-order chi connectivity index (χ0) is 11.8. The van der Waals surface area contributed by atoms with Crippen molar-refractivity contribution in [2.24, 2.45) is 5.41 Å². The molecule has 1 aliphatic rings. The summed E-state index contributed by atoms with van der Waals surface area (Å²) < 4.78 is 0. The van der Waals surface area contributed by atoms with Gasteiger partial charge in [0.1, 0.15) is 0 Å². The molecule has 1 saturated heterocycles. The molecule has 2 nitrogen and oxygen atoms in total. The molecular formula is C12H27NO. The highest BCUT2D eigenvalue weighted by atomic mass is 16.2. The summed E-state index contributed by atoms with van der Waals surface area (Å²) in [7, 11) is 0. The minimum atomic E-state index is 0.213. The van der Waals surface area contributed by atoms with E-state index in [9.17, 15) is 4.79 Å². The van der Waals surface area contributed by atoms with Crippen LogP contribution >= 0.6 is 0 Å². The van der Waals surface area contributed by atoms with Crippen molar-refractivity contribution in [2.75, 3.05) is 13.1 Å². The maximum absolute atomic E-state index is 10.9. The molecule has 0 atom stereocenters. The lowest BCUT2D eigenvalue weighted by molar-refractivity contribution is -0.128. The monoisotopic (exact) mass is 201 g/mol. The average molecular weight is 201 g/mol. The molecule has 0 saturated carbocycles. The number of hydrogen-bond donors (Lipinski definition) is 0. The Morgan fingerprint density at radius 2 is 1.57 bits per heavy atom. The fourth-order valence-electron chi connectivity index (χ4n) is 1.38. The van der Waals surface area contributed by atoms with Crippen LogP contribution in [0.15, 0.2) is 0 Å². The lowest BCUT2D eigenvalue weighted by Crippen LogP contribution is -2.27. The van der Waals surface area contributed by atoms with Crippen LogP contribution in [-0.2, 0) is 4.79 Å². The molecule has 1 rings (SSSR count). The summed E-state index contributed by atoms with van der Waals surface area (Å²) in [5.74, 6) is 0.213. The second-order valence-corrected chi connectivity index (χ2v) is 3.85. The molecule has 0 aliphatic carbocycles. The predicted molar refractivity (Wildman–Crippen MR) is 63.3 cm³/mol. The third-order valence-electron chi connectivity index (χ3n) is 2.12. The summed E-state index contributed by atoms with van der Waals surface area (Å²) in [6.07, 6.45) is 1.15. The van der Waals surface area contributed by atoms with Gasteiger partial charge in [-0.05, 0) is 11.8 Å². The first-order valence-electron chi connectivity index (χ1n) is 5.77. The number of hydrogen-bond acceptors (Lipinski definition) is 1. The van der Waals surface area contributed by atoms with E-state index in [1.54, 1.807) is 6.92 Å². The standard InChI is InChI=1S/C8H15NO.2C2H6/c1-7(10)9-5-4-8(2,3)6-9;2*1-2/h4-6H2,1-3H3;2*1-2H3. The Kier molecular flexibility index (Phi) is 8.91. The zero-order valence-electron chi connectivity index (χ0n) is 11.0. The third-order valence-corrected chi connectivity index (χ3v) is 2.12. The predicted octanol–water partition coefficient (Wildman–Crippen LogP) is 3.32. The SMILES string of the molecule is CC.CC.CC(=O)N1CCC(C)(C)C1. The summed E-state index contributed by atoms with van der Waals surface area (Å²) in [5.41, 5.74) is 0.353. The molecule has 2 heteroatoms. The van der Waals surface area contributed by atoms with Gasteiger partial charge in [0.15, 0.2) is 0 Å². The van der Waals surface area contributed by atoms with E-state index in [4.69, 9.17) is 0 Å². The molecule has 14 heavy (non-hydrogen) atoms. The van der Waals surface area contributed by atoms with Gasteiger partial charge in [0.25, 0.3) is 0 Å². The lowest BCUT2D eigenvalue weighted by Gasteiger charge is -2.17. The fraction of sp³-hybridized carbons (Fsp3) is 0.917. The van der Waals surface area contributed by atoms with Gasteiger partial charge in [-0.1, -0.05) is 41.5 Å². The van der Waals surface area contributed by atoms with Gasteiger partial charge in [0.05, 0.1) is 0 Å². The number of nitrogens with zero attached hydrogens (tertiary/aromatic N) is 1. The van der Waals surface area contributed by atoms with Crippen molar-refractivity contribution in [3.05, 3.63) is 0 Å². The van der Waals surface area contributed by atoms with Crippen molar-refractivity contribution in [1.29, 1.82) is 0 Å². The quantitative estimate of drug-likeness (QED) is 0.589. The van der Waals surface area contributed by atoms with Crippen LogP contribution in [0.25, 0.3) is 0 Å². The van der Waals surface area contributed by atoms with Crippen molar-refractivity contribution < 1.29 is 4.79 Å². The van der Waals surface area contributed by atoms with E-state index >= 15 is 0 Å². The third kappa shape index (κ3) is 6.01. The first-order valence-corrected chi connectivity index (χ1v) is 5.77. The van der Waals surface area contributed by atoms with Gasteiger partial charge in [-0.3, -0.25) is 4.79 Å². The Morgan fingerprint density at radius 3 is 1.71 bits per heavy atom. The van der Waals surface area contributed by atoms with Crippen LogP contribution in [-0.4, -0.2) is 23.9 Å². The van der Waals surface area contributed by atoms with Crippen LogP contribution in [0.4, 0.5) is 0 Å². The Balaban J connectivity index is 0. The van der Waals surface area contributed by atoms with Crippen LogP contribution in [0.5, 0.6) is 0 Å². The minimum Gasteiger partial charge on any atom is -0.342 e. The largest absolute Gasteiger partial charge is 0.342 e. The van der Waals surface area contributed by atoms with Crippen molar-refractivity contribution >= 4 is 5.91 Å². The number of likely N-dealkylation sites (tertiary alicyclic amines) is 1. The van der Waals surface area contributed by atoms with Gasteiger partial charge in [-0.25, -0.2) is 0 Å². The zero-order valence-corrected chi connectivity index (χ0v) is 11.0. The molecule has 1 amide bonds. The Labute approximate surface area is 89.7 Å². The minimum absolute atomic E-state index is 0.213. The summed E-state index contributed by atoms with van der Waals surface area (Å²) >= 11 is 0. The second kappa shape index (κ2) is 7.84. The molecule has 0 spiro atoms. The molecule has 0 aromatic rings. The normalized spacial score (nSPS) is 17.5. The maximum atomic E-state index is 10.9. The fourth-order valence-corrected chi connectivity index (χ4v) is 1.38. The van der Waals surface area contributed by atoms with Gasteiger partial charge in [0, 0.05) is 20.0 Å². The van der Waals surface area contributed by atoms with E-state index in [0.717, 1.165) is 19.5 Å². The Bertz CT molecular complexity index is 152. The number of rotatable bonds is 0. The first kappa shape index (κ1) is 15.9. The lowest BCUT2D eigenvalue weighted by atomic mass is 9.93. The Hall–Kier alpha value is -0.530. The molecule has 0 N–H and O–H groups in total. The topological polar surface area (TPSA) is 20.3 Å². The van der Waals surface area contributed by atoms with Crippen molar-refractivity contribution in [2.45, 2.75) is 54.9 Å². The highest BCUT2D eigenvalue weighted by Gasteiger charge is 2.30. The van der Waals surface area contributed by atoms with E-state index in [1.807, 2.05) is 32.6 Å². The van der Waals surface area contributed by atoms with E-state index in [1.165, 1.54) is 0 Å². The highest BCUT2D eigenvalue weighted by molar-refractivity contribution is 5.73. The van der Waals surface area contributed by atoms with Gasteiger partial charge < -0.3 is 4.90 Å². The van der Waals surface area contributed by atoms with Gasteiger partial charge in [0.2, 0.25) is 5.91 Å². The van der Waals surface area contributed by atoms with Crippen molar-refractivity contribution in [1.82, 2.24) is 4.90 Å². The molecule has 0 radical (unpaired) electrons. The van der Waals surface area contributed by atoms with E-state index in [0.29, 0.717) is 5.41 Å². The molecule has 1 heterocycles. The maximum Gasteiger partial charge on any atom is 0.219 e. The number of carbonyl (C=O) groups is 1. The van der Waals surface area contributed by atoms with Crippen LogP contribution in [0.2, 0.25) is 0 Å². The summed E-state index contributed by atoms with van der Waals surface area (Å²) in [4.78, 5) is 12.8. The molecule has 1 fully saturated rings. The number of carbonyl (C=O) groups excluding carboxylic acids is 1. The van der Waals surface area contributed by atoms with Gasteiger partial charge >= 0.3 is 0 Å². The second-order valence-electron chi connectivity index (χ2n) is 3.85. The van der Waals surface area contributed by atoms with Crippen LogP contribution in [0, 0.1) is 5.41 Å². The van der Waals surface area contributed by atoms with Gasteiger partial charge in [-0.2, -0.15) is 0 Å². The molecule has 0 bridgehead atoms. The number of amides is 1. The van der Waals surface area contributed by atoms with E-state index in [-0.39, 0.29) is 5.91 Å². The molecule has 86 valence electrons. The smallest absolute Gasteiger partial charge is 0.219 e. The first-order chi connectivity index (χ1) is 6.51. The molecule has 0 aromatic heterocycles. The average Bonchev–Trinajstić information content (AvgIpc) is 2.53. The van der Waals surface area contributed by atoms with E-state index < -0.39 is 0 Å². The van der Waals surface area contributed by atoms with Crippen LogP contribution in [0.1, 0.15) is 54.9 Å². The van der Waals surface area contributed by atoms with Crippen LogP contribution in [0.3, 0.4) is 0 Å². The molecular weight excluding hydrogens is 174 g/mol. The molecule has 0 aromatic carbocycles. The van der Waals surface area contributed by atoms with Crippen molar-refractivity contribution in [3.63, 3.8) is 0 Å². The molecule has 0 unspecified atom stereocenters. The van der Waals surface area contributed by atoms with E-state index in [2.05, 4.69) is 13.8 Å². The van der Waals surface area contributed by atoms with Gasteiger partial charge in [-0.15, -0.1) is 0 Å². The summed E-state index contributed by atoms with van der Waals surface area (Å²) in [6.45, 7) is 15.9.